The smallest absolute Gasteiger partial charge is 0.405 e. The number of halogens is 4. The van der Waals surface area contributed by atoms with Crippen molar-refractivity contribution in [2.75, 3.05) is 30.8 Å². The van der Waals surface area contributed by atoms with Gasteiger partial charge in [0.1, 0.15) is 17.6 Å². The molecule has 38 heavy (non-hydrogen) atoms. The summed E-state index contributed by atoms with van der Waals surface area (Å²) >= 11 is 5.86. The second-order valence-corrected chi connectivity index (χ2v) is 8.75. The van der Waals surface area contributed by atoms with Crippen molar-refractivity contribution in [2.45, 2.75) is 12.4 Å². The number of aliphatic imine (C=N–C) groups is 1. The van der Waals surface area contributed by atoms with Crippen LogP contribution in [0.25, 0.3) is 0 Å². The third kappa shape index (κ3) is 6.94. The number of para-hydroxylation sites is 1. The number of ether oxygens (including phenoxy) is 1. The Labute approximate surface area is 221 Å². The monoisotopic (exact) mass is 545 g/mol. The lowest BCUT2D eigenvalue weighted by atomic mass is 10.0. The molecule has 8 nitrogen and oxygen atoms in total. The fourth-order valence-corrected chi connectivity index (χ4v) is 3.94. The molecule has 3 N–H and O–H groups in total. The minimum Gasteiger partial charge on any atom is -0.405 e. The molecule has 1 unspecified atom stereocenters. The lowest BCUT2D eigenvalue weighted by Crippen LogP contribution is -2.39. The number of benzene rings is 3. The van der Waals surface area contributed by atoms with E-state index in [-0.39, 0.29) is 5.56 Å². The van der Waals surface area contributed by atoms with Crippen LogP contribution in [0.1, 0.15) is 17.2 Å². The largest absolute Gasteiger partial charge is 0.573 e. The molecule has 3 amide bonds. The molecule has 198 valence electrons. The number of hydrogen-bond acceptors (Lipinski definition) is 5. The van der Waals surface area contributed by atoms with Crippen LogP contribution in [-0.2, 0) is 4.79 Å². The summed E-state index contributed by atoms with van der Waals surface area (Å²) in [5.74, 6) is -0.582. The minimum absolute atomic E-state index is 0.188. The van der Waals surface area contributed by atoms with Crippen molar-refractivity contribution < 1.29 is 27.5 Å². The Balaban J connectivity index is 1.57. The molecule has 0 fully saturated rings. The highest BCUT2D eigenvalue weighted by atomic mass is 35.5. The maximum atomic E-state index is 13.3. The number of carbonyl (C=O) groups excluding carboxylic acids is 2. The maximum Gasteiger partial charge on any atom is 0.573 e. The van der Waals surface area contributed by atoms with E-state index >= 15 is 0 Å². The van der Waals surface area contributed by atoms with Gasteiger partial charge in [0.25, 0.3) is 5.91 Å². The zero-order valence-electron chi connectivity index (χ0n) is 20.1. The van der Waals surface area contributed by atoms with Gasteiger partial charge in [0.2, 0.25) is 0 Å². The van der Waals surface area contributed by atoms with Crippen LogP contribution < -0.4 is 20.7 Å². The van der Waals surface area contributed by atoms with Gasteiger partial charge < -0.3 is 25.6 Å². The molecule has 12 heteroatoms. The first kappa shape index (κ1) is 26.8. The third-order valence-electron chi connectivity index (χ3n) is 5.56. The molecule has 0 saturated heterocycles. The van der Waals surface area contributed by atoms with Crippen LogP contribution in [0.5, 0.6) is 5.75 Å². The van der Waals surface area contributed by atoms with Crippen molar-refractivity contribution in [1.82, 2.24) is 10.2 Å². The van der Waals surface area contributed by atoms with Crippen molar-refractivity contribution in [1.29, 1.82) is 0 Å². The van der Waals surface area contributed by atoms with E-state index < -0.39 is 30.1 Å². The van der Waals surface area contributed by atoms with Gasteiger partial charge in [-0.25, -0.2) is 4.79 Å². The second kappa shape index (κ2) is 11.4. The van der Waals surface area contributed by atoms with Gasteiger partial charge in [0.15, 0.2) is 0 Å². The highest BCUT2D eigenvalue weighted by molar-refractivity contribution is 6.30. The summed E-state index contributed by atoms with van der Waals surface area (Å²) in [5.41, 5.74) is 1.40. The maximum absolute atomic E-state index is 13.3. The number of carbonyl (C=O) groups is 2. The lowest BCUT2D eigenvalue weighted by Gasteiger charge is -2.22. The number of rotatable bonds is 7. The summed E-state index contributed by atoms with van der Waals surface area (Å²) in [5, 5.41) is 8.06. The second-order valence-electron chi connectivity index (χ2n) is 8.32. The topological polar surface area (TPSA) is 95.1 Å². The van der Waals surface area contributed by atoms with Crippen LogP contribution in [0.4, 0.5) is 29.3 Å². The van der Waals surface area contributed by atoms with Crippen LogP contribution in [0, 0.1) is 0 Å². The minimum atomic E-state index is -5.01. The van der Waals surface area contributed by atoms with E-state index in [4.69, 9.17) is 11.6 Å². The summed E-state index contributed by atoms with van der Waals surface area (Å²) in [7, 11) is 1.92. The number of anilines is 2. The van der Waals surface area contributed by atoms with E-state index in [0.29, 0.717) is 22.9 Å². The first-order valence-electron chi connectivity index (χ1n) is 11.4. The summed E-state index contributed by atoms with van der Waals surface area (Å²) in [6.45, 7) is 1.49. The molecular weight excluding hydrogens is 523 g/mol. The average molecular weight is 546 g/mol. The number of alkyl halides is 3. The Morgan fingerprint density at radius 3 is 2.24 bits per heavy atom. The third-order valence-corrected chi connectivity index (χ3v) is 5.82. The quantitative estimate of drug-likeness (QED) is 0.369. The number of amides is 3. The molecule has 0 spiro atoms. The van der Waals surface area contributed by atoms with Crippen LogP contribution in [0.3, 0.4) is 0 Å². The summed E-state index contributed by atoms with van der Waals surface area (Å²) < 4.78 is 43.3. The molecule has 3 aromatic carbocycles. The van der Waals surface area contributed by atoms with Gasteiger partial charge in [-0.05, 0) is 54.6 Å². The van der Waals surface area contributed by atoms with Gasteiger partial charge in [0.05, 0.1) is 6.54 Å². The Morgan fingerprint density at radius 1 is 0.974 bits per heavy atom. The molecule has 0 aromatic heterocycles. The molecule has 1 aliphatic rings. The van der Waals surface area contributed by atoms with Gasteiger partial charge in [-0.15, -0.1) is 13.2 Å². The Hall–Kier alpha value is -4.25. The molecule has 0 bridgehead atoms. The summed E-state index contributed by atoms with van der Waals surface area (Å²) in [4.78, 5) is 32.5. The van der Waals surface area contributed by atoms with Crippen LogP contribution in [0.15, 0.2) is 77.8 Å². The average Bonchev–Trinajstić information content (AvgIpc) is 3.30. The molecular formula is C26H23ClF3N5O3. The fraction of sp³-hybridized carbons (Fsp3) is 0.192. The van der Waals surface area contributed by atoms with E-state index in [1.165, 1.54) is 30.3 Å². The van der Waals surface area contributed by atoms with Gasteiger partial charge >= 0.3 is 12.4 Å². The fourth-order valence-electron chi connectivity index (χ4n) is 3.81. The number of nitrogens with one attached hydrogen (secondary N) is 3. The van der Waals surface area contributed by atoms with Gasteiger partial charge in [-0.2, -0.15) is 0 Å². The SMILES string of the molecule is CN1CCN=C1c1ccc(NC(=O)C(NC(=O)Nc2ccc(Cl)cc2)c2ccccc2OC(F)(F)F)cc1. The number of nitrogens with zero attached hydrogens (tertiary/aromatic N) is 2. The molecule has 3 aromatic rings. The van der Waals surface area contributed by atoms with Crippen molar-refractivity contribution in [3.63, 3.8) is 0 Å². The predicted molar refractivity (Wildman–Crippen MR) is 139 cm³/mol. The number of hydrogen-bond donors (Lipinski definition) is 3. The van der Waals surface area contributed by atoms with Crippen molar-refractivity contribution in [2.24, 2.45) is 4.99 Å². The highest BCUT2D eigenvalue weighted by Gasteiger charge is 2.34. The van der Waals surface area contributed by atoms with E-state index in [2.05, 4.69) is 25.7 Å². The van der Waals surface area contributed by atoms with E-state index in [1.807, 2.05) is 11.9 Å². The van der Waals surface area contributed by atoms with E-state index in [1.54, 1.807) is 36.4 Å². The summed E-state index contributed by atoms with van der Waals surface area (Å²) in [6.07, 6.45) is -5.01. The number of amidine groups is 1. The number of urea groups is 1. The predicted octanol–water partition coefficient (Wildman–Crippen LogP) is 5.43. The van der Waals surface area contributed by atoms with Crippen molar-refractivity contribution >= 4 is 40.7 Å². The Bertz CT molecular complexity index is 1330. The van der Waals surface area contributed by atoms with E-state index in [9.17, 15) is 22.8 Å². The molecule has 1 heterocycles. The van der Waals surface area contributed by atoms with Gasteiger partial charge in [-0.3, -0.25) is 9.79 Å². The highest BCUT2D eigenvalue weighted by Crippen LogP contribution is 2.31. The molecule has 0 saturated carbocycles. The standard InChI is InChI=1S/C26H23ClF3N5O3/c1-35-15-14-31-23(35)16-6-10-18(11-7-16)32-24(36)22(20-4-2-3-5-21(20)38-26(28,29)30)34-25(37)33-19-12-8-17(27)9-13-19/h2-13,22H,14-15H2,1H3,(H,32,36)(H2,33,34,37). The molecule has 1 atom stereocenters. The first-order valence-corrected chi connectivity index (χ1v) is 11.8. The van der Waals surface area contributed by atoms with Crippen LogP contribution in [-0.4, -0.2) is 49.2 Å². The Morgan fingerprint density at radius 2 is 1.61 bits per heavy atom. The molecule has 1 aliphatic heterocycles. The zero-order chi connectivity index (χ0) is 27.3. The molecule has 0 radical (unpaired) electrons. The van der Waals surface area contributed by atoms with Crippen LogP contribution >= 0.6 is 11.6 Å². The molecule has 0 aliphatic carbocycles. The lowest BCUT2D eigenvalue weighted by molar-refractivity contribution is -0.275. The summed E-state index contributed by atoms with van der Waals surface area (Å²) in [6, 6.07) is 15.7. The zero-order valence-corrected chi connectivity index (χ0v) is 20.8. The Kier molecular flexibility index (Phi) is 8.06. The normalized spacial score (nSPS) is 13.9. The number of likely N-dealkylation sites (N-methyl/N-ethyl adjacent to an activating group) is 1. The van der Waals surface area contributed by atoms with Crippen molar-refractivity contribution in [3.05, 3.63) is 88.9 Å². The van der Waals surface area contributed by atoms with Gasteiger partial charge in [0, 0.05) is 41.1 Å². The first-order chi connectivity index (χ1) is 18.1. The van der Waals surface area contributed by atoms with Crippen molar-refractivity contribution in [3.8, 4) is 5.75 Å². The van der Waals surface area contributed by atoms with Gasteiger partial charge in [-0.1, -0.05) is 29.8 Å². The van der Waals surface area contributed by atoms with Crippen LogP contribution in [0.2, 0.25) is 5.02 Å². The molecule has 4 rings (SSSR count). The van der Waals surface area contributed by atoms with E-state index in [0.717, 1.165) is 24.0 Å².